The summed E-state index contributed by atoms with van der Waals surface area (Å²) in [7, 11) is 0. The summed E-state index contributed by atoms with van der Waals surface area (Å²) in [5, 5.41) is 6.67. The quantitative estimate of drug-likeness (QED) is 0.752. The van der Waals surface area contributed by atoms with Crippen molar-refractivity contribution in [1.82, 2.24) is 5.32 Å². The highest BCUT2D eigenvalue weighted by Gasteiger charge is 2.12. The molecule has 96 valence electrons. The molecule has 1 heterocycles. The molecule has 1 saturated carbocycles. The van der Waals surface area contributed by atoms with Crippen LogP contribution in [-0.2, 0) is 6.42 Å². The van der Waals surface area contributed by atoms with Gasteiger partial charge in [-0.05, 0) is 37.3 Å². The molecule has 1 fully saturated rings. The van der Waals surface area contributed by atoms with Gasteiger partial charge in [-0.2, -0.15) is 11.8 Å². The van der Waals surface area contributed by atoms with Crippen LogP contribution in [0.15, 0.2) is 17.5 Å². The van der Waals surface area contributed by atoms with Crippen molar-refractivity contribution in [3.63, 3.8) is 0 Å². The van der Waals surface area contributed by atoms with E-state index in [1.54, 1.807) is 0 Å². The summed E-state index contributed by atoms with van der Waals surface area (Å²) in [4.78, 5) is 1.50. The first-order valence-corrected chi connectivity index (χ1v) is 8.73. The number of hydrogen-bond acceptors (Lipinski definition) is 3. The molecule has 0 aliphatic heterocycles. The van der Waals surface area contributed by atoms with Crippen molar-refractivity contribution in [2.45, 2.75) is 43.8 Å². The van der Waals surface area contributed by atoms with Crippen LogP contribution in [0, 0.1) is 0 Å². The Bertz CT molecular complexity index is 278. The molecule has 17 heavy (non-hydrogen) atoms. The van der Waals surface area contributed by atoms with Gasteiger partial charge < -0.3 is 5.32 Å². The normalized spacial score (nSPS) is 17.4. The molecule has 0 bridgehead atoms. The summed E-state index contributed by atoms with van der Waals surface area (Å²) in [6, 6.07) is 4.36. The predicted molar refractivity (Wildman–Crippen MR) is 80.2 cm³/mol. The molecule has 0 amide bonds. The molecule has 0 atom stereocenters. The highest BCUT2D eigenvalue weighted by Crippen LogP contribution is 2.27. The van der Waals surface area contributed by atoms with Crippen LogP contribution < -0.4 is 5.32 Å². The summed E-state index contributed by atoms with van der Waals surface area (Å²) < 4.78 is 0. The largest absolute Gasteiger partial charge is 0.316 e. The van der Waals surface area contributed by atoms with Crippen molar-refractivity contribution in [3.8, 4) is 0 Å². The molecule has 0 spiro atoms. The number of thioether (sulfide) groups is 1. The molecule has 0 radical (unpaired) electrons. The highest BCUT2D eigenvalue weighted by atomic mass is 32.2. The van der Waals surface area contributed by atoms with Crippen LogP contribution in [0.2, 0.25) is 0 Å². The number of thiophene rings is 1. The van der Waals surface area contributed by atoms with Gasteiger partial charge in [-0.15, -0.1) is 11.3 Å². The molecule has 1 nitrogen and oxygen atoms in total. The summed E-state index contributed by atoms with van der Waals surface area (Å²) in [5.74, 6) is 1.29. The van der Waals surface area contributed by atoms with Gasteiger partial charge in [0.15, 0.2) is 0 Å². The van der Waals surface area contributed by atoms with Crippen molar-refractivity contribution >= 4 is 23.1 Å². The molecule has 0 aromatic carbocycles. The van der Waals surface area contributed by atoms with Crippen LogP contribution in [0.25, 0.3) is 0 Å². The Morgan fingerprint density at radius 1 is 1.24 bits per heavy atom. The van der Waals surface area contributed by atoms with Gasteiger partial charge in [0, 0.05) is 22.4 Å². The third-order valence-corrected chi connectivity index (χ3v) is 5.63. The standard InChI is InChI=1S/C14H23NS2/c1-2-5-13(6-3-1)17-12-10-15-9-8-14-7-4-11-16-14/h4,7,11,13,15H,1-3,5-6,8-10,12H2. The first kappa shape index (κ1) is 13.4. The zero-order valence-corrected chi connectivity index (χ0v) is 12.1. The molecular weight excluding hydrogens is 246 g/mol. The molecule has 0 saturated heterocycles. The van der Waals surface area contributed by atoms with E-state index in [1.807, 2.05) is 11.3 Å². The maximum absolute atomic E-state index is 3.55. The number of nitrogens with one attached hydrogen (secondary N) is 1. The monoisotopic (exact) mass is 269 g/mol. The van der Waals surface area contributed by atoms with Gasteiger partial charge in [-0.3, -0.25) is 0 Å². The fourth-order valence-electron chi connectivity index (χ4n) is 2.32. The Kier molecular flexibility index (Phi) is 6.46. The lowest BCUT2D eigenvalue weighted by Crippen LogP contribution is -2.21. The zero-order chi connectivity index (χ0) is 11.8. The average molecular weight is 269 g/mol. The van der Waals surface area contributed by atoms with Gasteiger partial charge in [0.05, 0.1) is 0 Å². The van der Waals surface area contributed by atoms with E-state index in [4.69, 9.17) is 0 Å². The van der Waals surface area contributed by atoms with Gasteiger partial charge in [-0.1, -0.05) is 25.3 Å². The first-order valence-electron chi connectivity index (χ1n) is 6.80. The molecule has 3 heteroatoms. The molecule has 0 unspecified atom stereocenters. The molecular formula is C14H23NS2. The lowest BCUT2D eigenvalue weighted by Gasteiger charge is -2.20. The second-order valence-electron chi connectivity index (χ2n) is 4.71. The van der Waals surface area contributed by atoms with Crippen molar-refractivity contribution < 1.29 is 0 Å². The third-order valence-electron chi connectivity index (χ3n) is 3.31. The molecule has 2 rings (SSSR count). The molecule has 1 aromatic heterocycles. The number of hydrogen-bond donors (Lipinski definition) is 1. The van der Waals surface area contributed by atoms with Crippen LogP contribution in [0.4, 0.5) is 0 Å². The minimum absolute atomic E-state index is 0.961. The third kappa shape index (κ3) is 5.45. The van der Waals surface area contributed by atoms with Gasteiger partial charge in [-0.25, -0.2) is 0 Å². The summed E-state index contributed by atoms with van der Waals surface area (Å²) in [5.41, 5.74) is 0. The average Bonchev–Trinajstić information content (AvgIpc) is 2.88. The van der Waals surface area contributed by atoms with Crippen LogP contribution in [0.5, 0.6) is 0 Å². The summed E-state index contributed by atoms with van der Waals surface area (Å²) in [6.07, 6.45) is 8.49. The second kappa shape index (κ2) is 8.17. The maximum atomic E-state index is 3.55. The van der Waals surface area contributed by atoms with E-state index in [0.29, 0.717) is 0 Å². The van der Waals surface area contributed by atoms with E-state index in [9.17, 15) is 0 Å². The highest BCUT2D eigenvalue weighted by molar-refractivity contribution is 7.99. The van der Waals surface area contributed by atoms with E-state index >= 15 is 0 Å². The molecule has 1 aliphatic rings. The minimum Gasteiger partial charge on any atom is -0.316 e. The maximum Gasteiger partial charge on any atom is 0.00608 e. The second-order valence-corrected chi connectivity index (χ2v) is 7.15. The smallest absolute Gasteiger partial charge is 0.00608 e. The van der Waals surface area contributed by atoms with E-state index < -0.39 is 0 Å². The van der Waals surface area contributed by atoms with E-state index in [1.165, 1.54) is 55.7 Å². The first-order chi connectivity index (χ1) is 8.45. The zero-order valence-electron chi connectivity index (χ0n) is 10.5. The van der Waals surface area contributed by atoms with E-state index in [0.717, 1.165) is 11.8 Å². The minimum atomic E-state index is 0.961. The predicted octanol–water partition coefficient (Wildman–Crippen LogP) is 3.95. The lowest BCUT2D eigenvalue weighted by atomic mass is 10.0. The Morgan fingerprint density at radius 3 is 2.88 bits per heavy atom. The summed E-state index contributed by atoms with van der Waals surface area (Å²) >= 11 is 4.05. The fraction of sp³-hybridized carbons (Fsp3) is 0.714. The van der Waals surface area contributed by atoms with Crippen molar-refractivity contribution in [2.24, 2.45) is 0 Å². The Morgan fingerprint density at radius 2 is 2.12 bits per heavy atom. The van der Waals surface area contributed by atoms with Gasteiger partial charge >= 0.3 is 0 Å². The van der Waals surface area contributed by atoms with Crippen LogP contribution in [-0.4, -0.2) is 24.1 Å². The Hall–Kier alpha value is 0.01000. The van der Waals surface area contributed by atoms with Gasteiger partial charge in [0.2, 0.25) is 0 Å². The van der Waals surface area contributed by atoms with Crippen LogP contribution in [0.1, 0.15) is 37.0 Å². The van der Waals surface area contributed by atoms with Gasteiger partial charge in [0.25, 0.3) is 0 Å². The van der Waals surface area contributed by atoms with E-state index in [2.05, 4.69) is 34.6 Å². The lowest BCUT2D eigenvalue weighted by molar-refractivity contribution is 0.516. The molecule has 1 aliphatic carbocycles. The Balaban J connectivity index is 1.43. The van der Waals surface area contributed by atoms with E-state index in [-0.39, 0.29) is 0 Å². The summed E-state index contributed by atoms with van der Waals surface area (Å²) in [6.45, 7) is 2.30. The Labute approximate surface area is 113 Å². The van der Waals surface area contributed by atoms with Gasteiger partial charge in [0.1, 0.15) is 0 Å². The van der Waals surface area contributed by atoms with Crippen LogP contribution in [0.3, 0.4) is 0 Å². The number of rotatable bonds is 7. The van der Waals surface area contributed by atoms with Crippen molar-refractivity contribution in [2.75, 3.05) is 18.8 Å². The van der Waals surface area contributed by atoms with Crippen molar-refractivity contribution in [1.29, 1.82) is 0 Å². The fourth-order valence-corrected chi connectivity index (χ4v) is 4.29. The molecule has 1 N–H and O–H groups in total. The van der Waals surface area contributed by atoms with Crippen LogP contribution >= 0.6 is 23.1 Å². The topological polar surface area (TPSA) is 12.0 Å². The molecule has 1 aromatic rings. The van der Waals surface area contributed by atoms with Crippen molar-refractivity contribution in [3.05, 3.63) is 22.4 Å². The SMILES string of the molecule is c1csc(CCNCCSC2CCCCC2)c1.